The van der Waals surface area contributed by atoms with Crippen LogP contribution < -0.4 is 0 Å². The Morgan fingerprint density at radius 3 is 2.07 bits per heavy atom. The minimum atomic E-state index is -5.08. The summed E-state index contributed by atoms with van der Waals surface area (Å²) < 4.78 is 85.3. The van der Waals surface area contributed by atoms with Crippen LogP contribution in [0.2, 0.25) is 0 Å². The molecular formula is C25H23F7N4O5. The summed E-state index contributed by atoms with van der Waals surface area (Å²) in [6.45, 7) is 4.00. The summed E-state index contributed by atoms with van der Waals surface area (Å²) in [6.07, 6.45) is -5.48. The molecule has 2 aliphatic heterocycles. The molecule has 222 valence electrons. The van der Waals surface area contributed by atoms with Gasteiger partial charge in [-0.3, -0.25) is 9.88 Å². The Morgan fingerprint density at radius 2 is 1.54 bits per heavy atom. The predicted molar refractivity (Wildman–Crippen MR) is 127 cm³/mol. The quantitative estimate of drug-likeness (QED) is 0.427. The van der Waals surface area contributed by atoms with Crippen molar-refractivity contribution in [1.29, 1.82) is 0 Å². The minimum Gasteiger partial charge on any atom is -0.475 e. The summed E-state index contributed by atoms with van der Waals surface area (Å²) >= 11 is 0. The molecule has 5 rings (SSSR count). The van der Waals surface area contributed by atoms with Crippen LogP contribution in [0.3, 0.4) is 0 Å². The Morgan fingerprint density at radius 1 is 0.927 bits per heavy atom. The highest BCUT2D eigenvalue weighted by Crippen LogP contribution is 2.35. The number of carboxylic acid groups (broad SMARTS) is 2. The second kappa shape index (κ2) is 12.6. The third-order valence-electron chi connectivity index (χ3n) is 6.02. The molecule has 1 unspecified atom stereocenters. The fraction of sp³-hybridized carbons (Fsp3) is 0.360. The molecule has 0 amide bonds. The molecule has 0 bridgehead atoms. The number of ether oxygens (including phenoxy) is 1. The van der Waals surface area contributed by atoms with E-state index in [0.29, 0.717) is 6.61 Å². The van der Waals surface area contributed by atoms with Crippen LogP contribution in [0.5, 0.6) is 0 Å². The number of aromatic nitrogens is 3. The Labute approximate surface area is 227 Å². The Kier molecular flexibility index (Phi) is 9.70. The SMILES string of the molecule is Fc1ccc(-c2cnc3n2CC2(CCN(Cc4ccccn4)C2)OC3)cc1.O=C(O)C(F)(F)F.O=C(O)C(F)(F)F. The molecule has 1 saturated heterocycles. The summed E-state index contributed by atoms with van der Waals surface area (Å²) in [4.78, 5) is 29.1. The van der Waals surface area contributed by atoms with Crippen LogP contribution in [0.25, 0.3) is 11.3 Å². The van der Waals surface area contributed by atoms with E-state index in [9.17, 15) is 30.7 Å². The first kappa shape index (κ1) is 31.5. The molecule has 41 heavy (non-hydrogen) atoms. The van der Waals surface area contributed by atoms with Gasteiger partial charge in [0.1, 0.15) is 23.8 Å². The first-order valence-corrected chi connectivity index (χ1v) is 11.8. The number of carbonyl (C=O) groups is 2. The van der Waals surface area contributed by atoms with Gasteiger partial charge < -0.3 is 19.5 Å². The third kappa shape index (κ3) is 8.72. The van der Waals surface area contributed by atoms with E-state index in [0.717, 1.165) is 55.4 Å². The van der Waals surface area contributed by atoms with E-state index in [4.69, 9.17) is 24.5 Å². The standard InChI is InChI=1S/C21H21FN4O.2C2HF3O2/c22-17-6-4-16(5-7-17)19-11-24-20-13-27-21(15-26(19)20)8-10-25(14-21)12-18-3-1-2-9-23-18;2*3-2(4,5)1(6)7/h1-7,9,11H,8,10,12-15H2;2*(H,6,7). The fourth-order valence-corrected chi connectivity index (χ4v) is 4.14. The molecule has 0 radical (unpaired) electrons. The van der Waals surface area contributed by atoms with Crippen LogP contribution in [0, 0.1) is 5.82 Å². The number of benzene rings is 1. The van der Waals surface area contributed by atoms with Gasteiger partial charge in [0.2, 0.25) is 0 Å². The van der Waals surface area contributed by atoms with E-state index in [2.05, 4.69) is 25.5 Å². The van der Waals surface area contributed by atoms with Crippen LogP contribution in [0.1, 0.15) is 17.9 Å². The number of hydrogen-bond acceptors (Lipinski definition) is 6. The lowest BCUT2D eigenvalue weighted by molar-refractivity contribution is -0.193. The zero-order valence-corrected chi connectivity index (χ0v) is 21.0. The molecule has 2 aliphatic rings. The normalized spacial score (nSPS) is 18.5. The van der Waals surface area contributed by atoms with Crippen molar-refractivity contribution in [2.75, 3.05) is 13.1 Å². The summed E-state index contributed by atoms with van der Waals surface area (Å²) in [5.74, 6) is -4.80. The topological polar surface area (TPSA) is 118 Å². The lowest BCUT2D eigenvalue weighted by Crippen LogP contribution is -2.44. The number of imidazole rings is 1. The van der Waals surface area contributed by atoms with E-state index in [-0.39, 0.29) is 11.4 Å². The van der Waals surface area contributed by atoms with Gasteiger partial charge in [0.15, 0.2) is 0 Å². The molecule has 1 aromatic carbocycles. The summed E-state index contributed by atoms with van der Waals surface area (Å²) in [5, 5.41) is 14.2. The molecule has 1 atom stereocenters. The second-order valence-corrected chi connectivity index (χ2v) is 9.01. The van der Waals surface area contributed by atoms with Gasteiger partial charge in [0.25, 0.3) is 0 Å². The molecule has 16 heteroatoms. The van der Waals surface area contributed by atoms with Crippen molar-refractivity contribution in [2.24, 2.45) is 0 Å². The van der Waals surface area contributed by atoms with E-state index in [1.165, 1.54) is 12.1 Å². The predicted octanol–water partition coefficient (Wildman–Crippen LogP) is 4.53. The number of halogens is 7. The van der Waals surface area contributed by atoms with E-state index in [1.54, 1.807) is 0 Å². The number of alkyl halides is 6. The molecule has 2 N–H and O–H groups in total. The van der Waals surface area contributed by atoms with Crippen molar-refractivity contribution >= 4 is 11.9 Å². The molecule has 1 fully saturated rings. The minimum absolute atomic E-state index is 0.197. The van der Waals surface area contributed by atoms with Gasteiger partial charge in [-0.15, -0.1) is 0 Å². The highest BCUT2D eigenvalue weighted by molar-refractivity contribution is 5.73. The number of carboxylic acids is 2. The van der Waals surface area contributed by atoms with Crippen molar-refractivity contribution in [3.05, 3.63) is 72.2 Å². The maximum Gasteiger partial charge on any atom is 0.490 e. The first-order valence-electron chi connectivity index (χ1n) is 11.8. The highest BCUT2D eigenvalue weighted by atomic mass is 19.4. The van der Waals surface area contributed by atoms with Gasteiger partial charge in [-0.25, -0.2) is 19.0 Å². The number of likely N-dealkylation sites (tertiary alicyclic amines) is 1. The van der Waals surface area contributed by atoms with Crippen molar-refractivity contribution in [1.82, 2.24) is 19.4 Å². The molecule has 1 spiro atoms. The van der Waals surface area contributed by atoms with Crippen LogP contribution in [-0.4, -0.2) is 72.6 Å². The van der Waals surface area contributed by atoms with E-state index in [1.807, 2.05) is 36.7 Å². The highest BCUT2D eigenvalue weighted by Gasteiger charge is 2.43. The van der Waals surface area contributed by atoms with Gasteiger partial charge in [-0.2, -0.15) is 26.3 Å². The van der Waals surface area contributed by atoms with Gasteiger partial charge in [0, 0.05) is 25.8 Å². The number of hydrogen-bond donors (Lipinski definition) is 2. The number of nitrogens with zero attached hydrogens (tertiary/aromatic N) is 4. The number of fused-ring (bicyclic) bond motifs is 1. The monoisotopic (exact) mass is 592 g/mol. The van der Waals surface area contributed by atoms with E-state index >= 15 is 0 Å². The van der Waals surface area contributed by atoms with Crippen molar-refractivity contribution < 1.29 is 55.3 Å². The molecule has 4 heterocycles. The largest absolute Gasteiger partial charge is 0.490 e. The van der Waals surface area contributed by atoms with Gasteiger partial charge in [-0.05, 0) is 48.4 Å². The van der Waals surface area contributed by atoms with E-state index < -0.39 is 24.3 Å². The average Bonchev–Trinajstić information content (AvgIpc) is 3.48. The van der Waals surface area contributed by atoms with Crippen LogP contribution in [-0.2, 0) is 34.0 Å². The van der Waals surface area contributed by atoms with Crippen molar-refractivity contribution in [3.8, 4) is 11.3 Å². The van der Waals surface area contributed by atoms with Crippen LogP contribution in [0.4, 0.5) is 30.7 Å². The lowest BCUT2D eigenvalue weighted by Gasteiger charge is -2.35. The molecule has 2 aromatic heterocycles. The Balaban J connectivity index is 0.000000276. The van der Waals surface area contributed by atoms with Crippen molar-refractivity contribution in [2.45, 2.75) is 44.1 Å². The van der Waals surface area contributed by atoms with Crippen LogP contribution in [0.15, 0.2) is 54.9 Å². The Bertz CT molecular complexity index is 1310. The third-order valence-corrected chi connectivity index (χ3v) is 6.02. The Hall–Kier alpha value is -4.05. The average molecular weight is 592 g/mol. The maximum absolute atomic E-state index is 13.3. The molecule has 0 saturated carbocycles. The summed E-state index contributed by atoms with van der Waals surface area (Å²) in [7, 11) is 0. The van der Waals surface area contributed by atoms with Gasteiger partial charge in [0.05, 0.1) is 24.1 Å². The molecule has 0 aliphatic carbocycles. The molecule has 9 nitrogen and oxygen atoms in total. The summed E-state index contributed by atoms with van der Waals surface area (Å²) in [5.41, 5.74) is 2.89. The van der Waals surface area contributed by atoms with Crippen LogP contribution >= 0.6 is 0 Å². The molecule has 3 aromatic rings. The number of aliphatic carboxylic acids is 2. The number of pyridine rings is 1. The van der Waals surface area contributed by atoms with Gasteiger partial charge in [-0.1, -0.05) is 6.07 Å². The summed E-state index contributed by atoms with van der Waals surface area (Å²) in [6, 6.07) is 12.6. The second-order valence-electron chi connectivity index (χ2n) is 9.01. The van der Waals surface area contributed by atoms with Gasteiger partial charge >= 0.3 is 24.3 Å². The fourth-order valence-electron chi connectivity index (χ4n) is 4.14. The first-order chi connectivity index (χ1) is 19.1. The van der Waals surface area contributed by atoms with Crippen molar-refractivity contribution in [3.63, 3.8) is 0 Å². The molecular weight excluding hydrogens is 569 g/mol. The lowest BCUT2D eigenvalue weighted by atomic mass is 10.0. The zero-order chi connectivity index (χ0) is 30.4. The smallest absolute Gasteiger partial charge is 0.475 e. The zero-order valence-electron chi connectivity index (χ0n) is 21.0. The maximum atomic E-state index is 13.3. The number of rotatable bonds is 3.